The summed E-state index contributed by atoms with van der Waals surface area (Å²) in [6.07, 6.45) is 0.826. The molecule has 0 saturated heterocycles. The van der Waals surface area contributed by atoms with E-state index in [0.29, 0.717) is 35.1 Å². The van der Waals surface area contributed by atoms with Crippen molar-refractivity contribution >= 4 is 17.1 Å². The van der Waals surface area contributed by atoms with E-state index in [1.807, 2.05) is 30.3 Å². The van der Waals surface area contributed by atoms with Crippen molar-refractivity contribution in [1.82, 2.24) is 0 Å². The van der Waals surface area contributed by atoms with Crippen LogP contribution in [0.2, 0.25) is 0 Å². The highest BCUT2D eigenvalue weighted by Gasteiger charge is 2.31. The molecule has 1 aliphatic rings. The molecule has 0 unspecified atom stereocenters. The number of carbonyl (C=O) groups is 2. The van der Waals surface area contributed by atoms with Crippen LogP contribution in [0.4, 0.5) is 0 Å². The summed E-state index contributed by atoms with van der Waals surface area (Å²) in [6, 6.07) is 9.28. The average Bonchev–Trinajstić information content (AvgIpc) is 2.47. The van der Waals surface area contributed by atoms with Crippen LogP contribution >= 0.6 is 0 Å². The van der Waals surface area contributed by atoms with Gasteiger partial charge in [-0.05, 0) is 46.1 Å². The Hall–Kier alpha value is -2.00. The molecule has 0 spiro atoms. The lowest BCUT2D eigenvalue weighted by atomic mass is 9.79. The highest BCUT2D eigenvalue weighted by atomic mass is 16.3. The van der Waals surface area contributed by atoms with Gasteiger partial charge in [-0.3, -0.25) is 9.59 Å². The summed E-state index contributed by atoms with van der Waals surface area (Å²) in [5.41, 5.74) is 1.91. The van der Waals surface area contributed by atoms with Crippen molar-refractivity contribution in [2.45, 2.75) is 46.1 Å². The van der Waals surface area contributed by atoms with Gasteiger partial charge < -0.3 is 5.11 Å². The molecule has 3 nitrogen and oxygen atoms in total. The van der Waals surface area contributed by atoms with Crippen LogP contribution in [0.3, 0.4) is 0 Å². The molecular weight excluding hydrogens is 276 g/mol. The Bertz CT molecular complexity index is 670. The van der Waals surface area contributed by atoms with Gasteiger partial charge >= 0.3 is 0 Å². The Morgan fingerprint density at radius 3 is 2.05 bits per heavy atom. The number of benzene rings is 1. The van der Waals surface area contributed by atoms with Gasteiger partial charge in [0.1, 0.15) is 0 Å². The van der Waals surface area contributed by atoms with Gasteiger partial charge in [0.25, 0.3) is 0 Å². The molecule has 0 amide bonds. The molecule has 1 aliphatic carbocycles. The number of Topliss-reactive ketones (excluding diaryl/α,β-unsaturated/α-hetero) is 2. The van der Waals surface area contributed by atoms with E-state index in [2.05, 4.69) is 0 Å². The van der Waals surface area contributed by atoms with E-state index in [9.17, 15) is 14.7 Å². The van der Waals surface area contributed by atoms with Crippen LogP contribution in [-0.4, -0.2) is 22.3 Å². The van der Waals surface area contributed by atoms with Crippen molar-refractivity contribution < 1.29 is 14.7 Å². The van der Waals surface area contributed by atoms with Crippen LogP contribution in [0.5, 0.6) is 0 Å². The number of rotatable bonds is 4. The number of hydrogen-bond donors (Lipinski definition) is 1. The predicted octanol–water partition coefficient (Wildman–Crippen LogP) is 3.48. The predicted molar refractivity (Wildman–Crippen MR) is 87.3 cm³/mol. The van der Waals surface area contributed by atoms with Gasteiger partial charge in [0.2, 0.25) is 0 Å². The quantitative estimate of drug-likeness (QED) is 0.866. The van der Waals surface area contributed by atoms with Gasteiger partial charge in [-0.1, -0.05) is 30.3 Å². The molecule has 0 aromatic heterocycles. The lowest BCUT2D eigenvalue weighted by Crippen LogP contribution is -2.24. The second-order valence-electron chi connectivity index (χ2n) is 6.44. The van der Waals surface area contributed by atoms with Gasteiger partial charge in [0.05, 0.1) is 5.60 Å². The first kappa shape index (κ1) is 16.4. The van der Waals surface area contributed by atoms with Gasteiger partial charge in [0, 0.05) is 22.3 Å². The third-order valence-corrected chi connectivity index (χ3v) is 4.10. The highest BCUT2D eigenvalue weighted by molar-refractivity contribution is 6.39. The van der Waals surface area contributed by atoms with Crippen LogP contribution < -0.4 is 0 Å². The van der Waals surface area contributed by atoms with Gasteiger partial charge in [0.15, 0.2) is 11.6 Å². The lowest BCUT2D eigenvalue weighted by Gasteiger charge is -2.23. The number of allylic oxidation sites excluding steroid dienone is 4. The van der Waals surface area contributed by atoms with E-state index in [1.54, 1.807) is 27.7 Å². The Morgan fingerprint density at radius 1 is 0.955 bits per heavy atom. The first-order valence-electron chi connectivity index (χ1n) is 7.50. The molecule has 1 N–H and O–H groups in total. The second kappa shape index (κ2) is 6.01. The standard InChI is InChI=1S/C19H22O3/c1-12-13(2)18(21)16(14-8-6-5-7-9-14)15(17(12)20)10-11-19(3,4)22/h5-9,22H,10-11H2,1-4H3. The fourth-order valence-corrected chi connectivity index (χ4v) is 2.58. The number of ketones is 2. The number of hydrogen-bond acceptors (Lipinski definition) is 3. The third-order valence-electron chi connectivity index (χ3n) is 4.10. The minimum absolute atomic E-state index is 0.0831. The Morgan fingerprint density at radius 2 is 1.50 bits per heavy atom. The SMILES string of the molecule is CC1=C(C)C(=O)C(c2ccccc2)=C(CCC(C)(C)O)C1=O. The van der Waals surface area contributed by atoms with E-state index in [4.69, 9.17) is 0 Å². The second-order valence-corrected chi connectivity index (χ2v) is 6.44. The van der Waals surface area contributed by atoms with Gasteiger partial charge in [-0.25, -0.2) is 0 Å². The number of carbonyl (C=O) groups excluding carboxylic acids is 2. The molecule has 0 heterocycles. The first-order valence-corrected chi connectivity index (χ1v) is 7.50. The summed E-state index contributed by atoms with van der Waals surface area (Å²) in [6.45, 7) is 6.81. The zero-order valence-electron chi connectivity index (χ0n) is 13.6. The van der Waals surface area contributed by atoms with Crippen LogP contribution in [0.25, 0.3) is 5.57 Å². The Balaban J connectivity index is 2.54. The average molecular weight is 298 g/mol. The van der Waals surface area contributed by atoms with E-state index in [1.165, 1.54) is 0 Å². The fourth-order valence-electron chi connectivity index (χ4n) is 2.58. The third kappa shape index (κ3) is 3.25. The van der Waals surface area contributed by atoms with E-state index < -0.39 is 5.60 Å². The minimum Gasteiger partial charge on any atom is -0.390 e. The summed E-state index contributed by atoms with van der Waals surface area (Å²) in [7, 11) is 0. The monoisotopic (exact) mass is 298 g/mol. The molecule has 0 bridgehead atoms. The molecule has 3 heteroatoms. The van der Waals surface area contributed by atoms with E-state index in [0.717, 1.165) is 5.56 Å². The summed E-state index contributed by atoms with van der Waals surface area (Å²) in [4.78, 5) is 25.3. The van der Waals surface area contributed by atoms with Crippen molar-refractivity contribution in [1.29, 1.82) is 0 Å². The van der Waals surface area contributed by atoms with Gasteiger partial charge in [-0.15, -0.1) is 0 Å². The molecule has 2 rings (SSSR count). The smallest absolute Gasteiger partial charge is 0.190 e. The molecule has 0 saturated carbocycles. The maximum atomic E-state index is 12.7. The molecule has 1 aromatic rings. The molecule has 22 heavy (non-hydrogen) atoms. The van der Waals surface area contributed by atoms with Crippen LogP contribution in [0.1, 0.15) is 46.1 Å². The summed E-state index contributed by atoms with van der Waals surface area (Å²) < 4.78 is 0. The summed E-state index contributed by atoms with van der Waals surface area (Å²) >= 11 is 0. The molecule has 0 atom stereocenters. The number of aliphatic hydroxyl groups is 1. The fraction of sp³-hybridized carbons (Fsp3) is 0.368. The maximum Gasteiger partial charge on any atom is 0.190 e. The summed E-state index contributed by atoms with van der Waals surface area (Å²) in [5.74, 6) is -0.172. The lowest BCUT2D eigenvalue weighted by molar-refractivity contribution is -0.115. The topological polar surface area (TPSA) is 54.4 Å². The molecular formula is C19H22O3. The van der Waals surface area contributed by atoms with E-state index in [-0.39, 0.29) is 11.6 Å². The van der Waals surface area contributed by atoms with Crippen molar-refractivity contribution in [3.05, 3.63) is 52.6 Å². The molecule has 0 fully saturated rings. The van der Waals surface area contributed by atoms with E-state index >= 15 is 0 Å². The Kier molecular flexibility index (Phi) is 4.47. The van der Waals surface area contributed by atoms with Crippen molar-refractivity contribution in [3.8, 4) is 0 Å². The summed E-state index contributed by atoms with van der Waals surface area (Å²) in [5, 5.41) is 9.94. The molecule has 116 valence electrons. The van der Waals surface area contributed by atoms with Crippen LogP contribution in [0, 0.1) is 0 Å². The molecule has 0 radical (unpaired) electrons. The van der Waals surface area contributed by atoms with Gasteiger partial charge in [-0.2, -0.15) is 0 Å². The molecule has 1 aromatic carbocycles. The largest absolute Gasteiger partial charge is 0.390 e. The maximum absolute atomic E-state index is 12.7. The van der Waals surface area contributed by atoms with Crippen molar-refractivity contribution in [2.24, 2.45) is 0 Å². The van der Waals surface area contributed by atoms with Crippen LogP contribution in [-0.2, 0) is 9.59 Å². The highest BCUT2D eigenvalue weighted by Crippen LogP contribution is 2.34. The minimum atomic E-state index is -0.873. The Labute approximate surface area is 131 Å². The van der Waals surface area contributed by atoms with Crippen molar-refractivity contribution in [2.75, 3.05) is 0 Å². The van der Waals surface area contributed by atoms with Crippen molar-refractivity contribution in [3.63, 3.8) is 0 Å². The zero-order valence-corrected chi connectivity index (χ0v) is 13.6. The first-order chi connectivity index (χ1) is 10.2. The van der Waals surface area contributed by atoms with Crippen LogP contribution in [0.15, 0.2) is 47.1 Å². The zero-order chi connectivity index (χ0) is 16.5. The molecule has 0 aliphatic heterocycles. The normalized spacial score (nSPS) is 16.6.